The Morgan fingerprint density at radius 2 is 1.76 bits per heavy atom. The third-order valence-corrected chi connectivity index (χ3v) is 4.84. The van der Waals surface area contributed by atoms with Gasteiger partial charge in [-0.1, -0.05) is 30.3 Å². The first-order chi connectivity index (χ1) is 8.12. The molecule has 1 atom stereocenters. The summed E-state index contributed by atoms with van der Waals surface area (Å²) in [5.74, 6) is 0.493. The van der Waals surface area contributed by atoms with Crippen LogP contribution in [0.5, 0.6) is 0 Å². The van der Waals surface area contributed by atoms with E-state index in [1.54, 1.807) is 0 Å². The Balaban J connectivity index is 2.11. The predicted molar refractivity (Wildman–Crippen MR) is 68.5 cm³/mol. The second kappa shape index (κ2) is 5.16. The highest BCUT2D eigenvalue weighted by atomic mass is 32.2. The maximum atomic E-state index is 11.4. The Kier molecular flexibility index (Phi) is 3.81. The molecule has 1 aliphatic heterocycles. The summed E-state index contributed by atoms with van der Waals surface area (Å²) in [6.45, 7) is 1.68. The van der Waals surface area contributed by atoms with Gasteiger partial charge in [0, 0.05) is 25.7 Å². The van der Waals surface area contributed by atoms with Gasteiger partial charge in [0.15, 0.2) is 9.84 Å². The van der Waals surface area contributed by atoms with Gasteiger partial charge in [-0.25, -0.2) is 8.42 Å². The van der Waals surface area contributed by atoms with Crippen molar-refractivity contribution in [3.05, 3.63) is 35.9 Å². The van der Waals surface area contributed by atoms with Gasteiger partial charge in [-0.05, 0) is 5.56 Å². The number of benzene rings is 1. The van der Waals surface area contributed by atoms with Crippen LogP contribution >= 0.6 is 0 Å². The van der Waals surface area contributed by atoms with E-state index in [-0.39, 0.29) is 17.5 Å². The number of hydrogen-bond acceptors (Lipinski definition) is 4. The van der Waals surface area contributed by atoms with E-state index in [0.29, 0.717) is 19.6 Å². The fraction of sp³-hybridized carbons (Fsp3) is 0.500. The smallest absolute Gasteiger partial charge is 0.152 e. The van der Waals surface area contributed by atoms with Crippen molar-refractivity contribution in [2.24, 2.45) is 5.73 Å². The summed E-state index contributed by atoms with van der Waals surface area (Å²) in [5, 5.41) is 0. The summed E-state index contributed by atoms with van der Waals surface area (Å²) in [6, 6.07) is 10.2. The predicted octanol–water partition coefficient (Wildman–Crippen LogP) is 0.417. The van der Waals surface area contributed by atoms with E-state index in [0.717, 1.165) is 5.56 Å². The van der Waals surface area contributed by atoms with Crippen LogP contribution in [0, 0.1) is 0 Å². The van der Waals surface area contributed by atoms with Crippen LogP contribution in [0.3, 0.4) is 0 Å². The summed E-state index contributed by atoms with van der Waals surface area (Å²) in [4.78, 5) is 2.16. The van der Waals surface area contributed by atoms with Gasteiger partial charge in [0.1, 0.15) is 0 Å². The second-order valence-electron chi connectivity index (χ2n) is 4.35. The first kappa shape index (κ1) is 12.5. The summed E-state index contributed by atoms with van der Waals surface area (Å²) >= 11 is 0. The number of hydrogen-bond donors (Lipinski definition) is 1. The summed E-state index contributed by atoms with van der Waals surface area (Å²) < 4.78 is 22.8. The minimum Gasteiger partial charge on any atom is -0.329 e. The molecule has 1 aliphatic rings. The molecule has 0 aliphatic carbocycles. The SMILES string of the molecule is NCC(c1ccccc1)N1CCS(=O)(=O)CC1. The molecule has 1 fully saturated rings. The van der Waals surface area contributed by atoms with Crippen molar-refractivity contribution < 1.29 is 8.42 Å². The highest BCUT2D eigenvalue weighted by molar-refractivity contribution is 7.91. The van der Waals surface area contributed by atoms with Crippen LogP contribution in [0.25, 0.3) is 0 Å². The van der Waals surface area contributed by atoms with Crippen molar-refractivity contribution in [1.29, 1.82) is 0 Å². The maximum absolute atomic E-state index is 11.4. The molecule has 0 bridgehead atoms. The van der Waals surface area contributed by atoms with Crippen LogP contribution in [-0.4, -0.2) is 44.5 Å². The molecule has 0 radical (unpaired) electrons. The van der Waals surface area contributed by atoms with E-state index >= 15 is 0 Å². The Morgan fingerprint density at radius 3 is 2.29 bits per heavy atom. The molecule has 1 saturated heterocycles. The standard InChI is InChI=1S/C12H18N2O2S/c13-10-12(11-4-2-1-3-5-11)14-6-8-17(15,16)9-7-14/h1-5,12H,6-10,13H2. The summed E-state index contributed by atoms with van der Waals surface area (Å²) in [5.41, 5.74) is 6.97. The molecule has 1 aromatic carbocycles. The van der Waals surface area contributed by atoms with Gasteiger partial charge in [0.25, 0.3) is 0 Å². The van der Waals surface area contributed by atoms with E-state index in [4.69, 9.17) is 5.73 Å². The minimum absolute atomic E-state index is 0.131. The molecule has 1 aromatic rings. The summed E-state index contributed by atoms with van der Waals surface area (Å²) in [7, 11) is -2.82. The van der Waals surface area contributed by atoms with Crippen LogP contribution in [0.4, 0.5) is 0 Å². The average Bonchev–Trinajstić information content (AvgIpc) is 2.33. The van der Waals surface area contributed by atoms with Gasteiger partial charge in [-0.2, -0.15) is 0 Å². The molecular formula is C12H18N2O2S. The Morgan fingerprint density at radius 1 is 1.18 bits per heavy atom. The highest BCUT2D eigenvalue weighted by Crippen LogP contribution is 2.21. The molecule has 94 valence electrons. The van der Waals surface area contributed by atoms with Crippen LogP contribution in [0.1, 0.15) is 11.6 Å². The van der Waals surface area contributed by atoms with Crippen molar-refractivity contribution in [3.8, 4) is 0 Å². The molecule has 2 N–H and O–H groups in total. The third-order valence-electron chi connectivity index (χ3n) is 3.23. The summed E-state index contributed by atoms with van der Waals surface area (Å²) in [6.07, 6.45) is 0. The van der Waals surface area contributed by atoms with Gasteiger partial charge in [-0.15, -0.1) is 0 Å². The number of rotatable bonds is 3. The molecule has 0 spiro atoms. The van der Waals surface area contributed by atoms with Gasteiger partial charge < -0.3 is 5.73 Å². The maximum Gasteiger partial charge on any atom is 0.152 e. The van der Waals surface area contributed by atoms with Crippen molar-refractivity contribution in [1.82, 2.24) is 4.90 Å². The van der Waals surface area contributed by atoms with Crippen LogP contribution in [0.2, 0.25) is 0 Å². The molecule has 0 aromatic heterocycles. The molecular weight excluding hydrogens is 236 g/mol. The van der Waals surface area contributed by atoms with Crippen molar-refractivity contribution >= 4 is 9.84 Å². The molecule has 1 unspecified atom stereocenters. The zero-order valence-electron chi connectivity index (χ0n) is 9.75. The zero-order valence-corrected chi connectivity index (χ0v) is 10.6. The van der Waals surface area contributed by atoms with Gasteiger partial charge in [0.05, 0.1) is 11.5 Å². The monoisotopic (exact) mass is 254 g/mol. The molecule has 0 amide bonds. The van der Waals surface area contributed by atoms with E-state index in [1.807, 2.05) is 30.3 Å². The van der Waals surface area contributed by atoms with E-state index in [2.05, 4.69) is 4.90 Å². The lowest BCUT2D eigenvalue weighted by atomic mass is 10.1. The van der Waals surface area contributed by atoms with Crippen LogP contribution in [-0.2, 0) is 9.84 Å². The Labute approximate surface area is 102 Å². The number of nitrogens with zero attached hydrogens (tertiary/aromatic N) is 1. The Bertz CT molecular complexity index is 445. The molecule has 5 heteroatoms. The van der Waals surface area contributed by atoms with Gasteiger partial charge >= 0.3 is 0 Å². The van der Waals surface area contributed by atoms with Crippen molar-refractivity contribution in [3.63, 3.8) is 0 Å². The first-order valence-electron chi connectivity index (χ1n) is 5.82. The fourth-order valence-corrected chi connectivity index (χ4v) is 3.44. The minimum atomic E-state index is -2.82. The van der Waals surface area contributed by atoms with Crippen LogP contribution in [0.15, 0.2) is 30.3 Å². The molecule has 1 heterocycles. The van der Waals surface area contributed by atoms with Crippen molar-refractivity contribution in [2.45, 2.75) is 6.04 Å². The van der Waals surface area contributed by atoms with Gasteiger partial charge in [-0.3, -0.25) is 4.90 Å². The lowest BCUT2D eigenvalue weighted by Gasteiger charge is -2.33. The molecule has 17 heavy (non-hydrogen) atoms. The Hall–Kier alpha value is -0.910. The normalized spacial score (nSPS) is 22.2. The topological polar surface area (TPSA) is 63.4 Å². The fourth-order valence-electron chi connectivity index (χ4n) is 2.21. The zero-order chi connectivity index (χ0) is 12.3. The lowest BCUT2D eigenvalue weighted by Crippen LogP contribution is -2.44. The highest BCUT2D eigenvalue weighted by Gasteiger charge is 2.26. The third kappa shape index (κ3) is 3.06. The number of nitrogens with two attached hydrogens (primary N) is 1. The van der Waals surface area contributed by atoms with E-state index < -0.39 is 9.84 Å². The van der Waals surface area contributed by atoms with E-state index in [1.165, 1.54) is 0 Å². The van der Waals surface area contributed by atoms with Gasteiger partial charge in [0.2, 0.25) is 0 Å². The van der Waals surface area contributed by atoms with Crippen LogP contribution < -0.4 is 5.73 Å². The largest absolute Gasteiger partial charge is 0.329 e. The number of sulfone groups is 1. The molecule has 4 nitrogen and oxygen atoms in total. The quantitative estimate of drug-likeness (QED) is 0.849. The first-order valence-corrected chi connectivity index (χ1v) is 7.64. The average molecular weight is 254 g/mol. The van der Waals surface area contributed by atoms with Crippen molar-refractivity contribution in [2.75, 3.05) is 31.1 Å². The lowest BCUT2D eigenvalue weighted by molar-refractivity contribution is 0.219. The molecule has 2 rings (SSSR count). The molecule has 0 saturated carbocycles. The second-order valence-corrected chi connectivity index (χ2v) is 6.65. The van der Waals surface area contributed by atoms with E-state index in [9.17, 15) is 8.42 Å².